The lowest BCUT2D eigenvalue weighted by Crippen LogP contribution is -2.20. The van der Waals surface area contributed by atoms with E-state index in [4.69, 9.17) is 4.74 Å². The van der Waals surface area contributed by atoms with Crippen LogP contribution in [0.4, 0.5) is 4.39 Å². The number of nitrogens with one attached hydrogen (secondary N) is 1. The topological polar surface area (TPSA) is 41.1 Å². The molecule has 134 valence electrons. The molecule has 26 heavy (non-hydrogen) atoms. The molecule has 0 amide bonds. The van der Waals surface area contributed by atoms with Crippen molar-refractivity contribution in [2.24, 2.45) is 0 Å². The summed E-state index contributed by atoms with van der Waals surface area (Å²) in [6.07, 6.45) is 1.79. The molecule has 2 heterocycles. The second-order valence-electron chi connectivity index (χ2n) is 6.78. The van der Waals surface area contributed by atoms with E-state index >= 15 is 0 Å². The van der Waals surface area contributed by atoms with Crippen molar-refractivity contribution in [1.82, 2.24) is 15.1 Å². The van der Waals surface area contributed by atoms with Gasteiger partial charge in [-0.1, -0.05) is 30.3 Å². The van der Waals surface area contributed by atoms with Gasteiger partial charge in [0.2, 0.25) is 0 Å². The van der Waals surface area contributed by atoms with Gasteiger partial charge in [0.25, 0.3) is 0 Å². The van der Waals surface area contributed by atoms with Crippen LogP contribution in [-0.2, 0) is 6.54 Å². The SMILES string of the molecule is COc1ccccc1CN1C[C@@H](c2ccc(F)cc2)[C@H](c2ccn[nH]2)C1. The number of H-pyrrole nitrogens is 1. The van der Waals surface area contributed by atoms with Crippen LogP contribution in [0, 0.1) is 5.82 Å². The van der Waals surface area contributed by atoms with Crippen LogP contribution in [0.3, 0.4) is 0 Å². The summed E-state index contributed by atoms with van der Waals surface area (Å²) >= 11 is 0. The normalized spacial score (nSPS) is 20.4. The monoisotopic (exact) mass is 351 g/mol. The summed E-state index contributed by atoms with van der Waals surface area (Å²) in [6, 6.07) is 17.0. The first-order valence-electron chi connectivity index (χ1n) is 8.83. The zero-order chi connectivity index (χ0) is 17.9. The van der Waals surface area contributed by atoms with Gasteiger partial charge in [-0.2, -0.15) is 5.10 Å². The van der Waals surface area contributed by atoms with Crippen LogP contribution in [-0.4, -0.2) is 35.3 Å². The van der Waals surface area contributed by atoms with Crippen LogP contribution in [0.15, 0.2) is 60.8 Å². The van der Waals surface area contributed by atoms with E-state index in [1.165, 1.54) is 5.56 Å². The van der Waals surface area contributed by atoms with Gasteiger partial charge in [-0.15, -0.1) is 0 Å². The Morgan fingerprint density at radius 3 is 2.58 bits per heavy atom. The summed E-state index contributed by atoms with van der Waals surface area (Å²) in [4.78, 5) is 2.43. The Labute approximate surface area is 152 Å². The maximum Gasteiger partial charge on any atom is 0.123 e. The highest BCUT2D eigenvalue weighted by Gasteiger charge is 2.35. The molecular weight excluding hydrogens is 329 g/mol. The fourth-order valence-corrected chi connectivity index (χ4v) is 3.92. The van der Waals surface area contributed by atoms with Crippen LogP contribution >= 0.6 is 0 Å². The van der Waals surface area contributed by atoms with Crippen molar-refractivity contribution in [2.45, 2.75) is 18.4 Å². The van der Waals surface area contributed by atoms with Crippen molar-refractivity contribution in [3.63, 3.8) is 0 Å². The minimum Gasteiger partial charge on any atom is -0.496 e. The van der Waals surface area contributed by atoms with E-state index < -0.39 is 0 Å². The molecule has 0 radical (unpaired) electrons. The molecule has 1 N–H and O–H groups in total. The summed E-state index contributed by atoms with van der Waals surface area (Å²) < 4.78 is 18.8. The molecule has 1 fully saturated rings. The van der Waals surface area contributed by atoms with E-state index in [0.717, 1.165) is 36.6 Å². The van der Waals surface area contributed by atoms with Crippen LogP contribution in [0.2, 0.25) is 0 Å². The number of hydrogen-bond donors (Lipinski definition) is 1. The van der Waals surface area contributed by atoms with Crippen molar-refractivity contribution in [3.8, 4) is 5.75 Å². The number of aromatic amines is 1. The molecule has 4 nitrogen and oxygen atoms in total. The van der Waals surface area contributed by atoms with Gasteiger partial charge in [0.1, 0.15) is 11.6 Å². The average molecular weight is 351 g/mol. The van der Waals surface area contributed by atoms with E-state index in [9.17, 15) is 4.39 Å². The van der Waals surface area contributed by atoms with Gasteiger partial charge in [0.15, 0.2) is 0 Å². The van der Waals surface area contributed by atoms with E-state index in [0.29, 0.717) is 11.8 Å². The third-order valence-corrected chi connectivity index (χ3v) is 5.20. The first-order chi connectivity index (χ1) is 12.7. The molecule has 1 aliphatic heterocycles. The number of halogens is 1. The predicted octanol–water partition coefficient (Wildman–Crippen LogP) is 3.94. The molecule has 1 aliphatic rings. The second kappa shape index (κ2) is 7.30. The average Bonchev–Trinajstić information content (AvgIpc) is 3.32. The standard InChI is InChI=1S/C21H22FN3O/c1-26-21-5-3-2-4-16(21)12-25-13-18(15-6-8-17(22)9-7-15)19(14-25)20-10-11-23-24-20/h2-11,18-19H,12-14H2,1H3,(H,23,24)/t18-,19+/m0/s1. The Morgan fingerprint density at radius 1 is 1.08 bits per heavy atom. The van der Waals surface area contributed by atoms with E-state index in [2.05, 4.69) is 21.2 Å². The van der Waals surface area contributed by atoms with Gasteiger partial charge in [0, 0.05) is 48.9 Å². The van der Waals surface area contributed by atoms with Crippen molar-refractivity contribution in [2.75, 3.05) is 20.2 Å². The van der Waals surface area contributed by atoms with Crippen LogP contribution in [0.1, 0.15) is 28.7 Å². The fourth-order valence-electron chi connectivity index (χ4n) is 3.92. The Balaban J connectivity index is 1.60. The molecule has 0 bridgehead atoms. The Hall–Kier alpha value is -2.66. The van der Waals surface area contributed by atoms with Gasteiger partial charge in [-0.3, -0.25) is 10.00 Å². The third kappa shape index (κ3) is 3.35. The summed E-state index contributed by atoms with van der Waals surface area (Å²) in [5, 5.41) is 7.24. The first kappa shape index (κ1) is 16.8. The summed E-state index contributed by atoms with van der Waals surface area (Å²) in [7, 11) is 1.71. The number of benzene rings is 2. The number of ether oxygens (including phenoxy) is 1. The van der Waals surface area contributed by atoms with Crippen LogP contribution in [0.25, 0.3) is 0 Å². The highest BCUT2D eigenvalue weighted by molar-refractivity contribution is 5.34. The number of para-hydroxylation sites is 1. The van der Waals surface area contributed by atoms with Crippen molar-refractivity contribution in [3.05, 3.63) is 83.4 Å². The summed E-state index contributed by atoms with van der Waals surface area (Å²) in [6.45, 7) is 2.65. The van der Waals surface area contributed by atoms with Crippen molar-refractivity contribution < 1.29 is 9.13 Å². The molecule has 0 unspecified atom stereocenters. The smallest absolute Gasteiger partial charge is 0.123 e. The van der Waals surface area contributed by atoms with Crippen LogP contribution in [0.5, 0.6) is 5.75 Å². The quantitative estimate of drug-likeness (QED) is 0.757. The number of methoxy groups -OCH3 is 1. The molecule has 3 aromatic rings. The molecule has 2 aromatic carbocycles. The molecule has 0 saturated carbocycles. The number of nitrogens with zero attached hydrogens (tertiary/aromatic N) is 2. The number of likely N-dealkylation sites (tertiary alicyclic amines) is 1. The molecule has 4 rings (SSSR count). The van der Waals surface area contributed by atoms with Gasteiger partial charge in [0.05, 0.1) is 7.11 Å². The molecule has 0 spiro atoms. The lowest BCUT2D eigenvalue weighted by atomic mass is 9.87. The minimum atomic E-state index is -0.198. The molecule has 2 atom stereocenters. The highest BCUT2D eigenvalue weighted by atomic mass is 19.1. The Morgan fingerprint density at radius 2 is 1.85 bits per heavy atom. The second-order valence-corrected chi connectivity index (χ2v) is 6.78. The van der Waals surface area contributed by atoms with E-state index in [1.807, 2.05) is 36.4 Å². The third-order valence-electron chi connectivity index (χ3n) is 5.20. The minimum absolute atomic E-state index is 0.198. The summed E-state index contributed by atoms with van der Waals surface area (Å²) in [5.41, 5.74) is 3.47. The van der Waals surface area contributed by atoms with Crippen molar-refractivity contribution >= 4 is 0 Å². The molecule has 0 aliphatic carbocycles. The predicted molar refractivity (Wildman–Crippen MR) is 98.7 cm³/mol. The van der Waals surface area contributed by atoms with Gasteiger partial charge < -0.3 is 4.74 Å². The Bertz CT molecular complexity index is 848. The molecule has 1 saturated heterocycles. The molecular formula is C21H22FN3O. The lowest BCUT2D eigenvalue weighted by molar-refractivity contribution is 0.314. The lowest BCUT2D eigenvalue weighted by Gasteiger charge is -2.18. The zero-order valence-electron chi connectivity index (χ0n) is 14.7. The van der Waals surface area contributed by atoms with Gasteiger partial charge >= 0.3 is 0 Å². The van der Waals surface area contributed by atoms with E-state index in [1.54, 1.807) is 25.4 Å². The van der Waals surface area contributed by atoms with Gasteiger partial charge in [-0.25, -0.2) is 4.39 Å². The zero-order valence-corrected chi connectivity index (χ0v) is 14.7. The number of rotatable bonds is 5. The van der Waals surface area contributed by atoms with Gasteiger partial charge in [-0.05, 0) is 29.8 Å². The Kier molecular flexibility index (Phi) is 4.71. The molecule has 5 heteroatoms. The molecule has 1 aromatic heterocycles. The first-order valence-corrected chi connectivity index (χ1v) is 8.83. The number of aromatic nitrogens is 2. The fraction of sp³-hybridized carbons (Fsp3) is 0.286. The maximum atomic E-state index is 13.4. The number of hydrogen-bond acceptors (Lipinski definition) is 3. The van der Waals surface area contributed by atoms with E-state index in [-0.39, 0.29) is 5.82 Å². The highest BCUT2D eigenvalue weighted by Crippen LogP contribution is 2.39. The summed E-state index contributed by atoms with van der Waals surface area (Å²) in [5.74, 6) is 1.31. The largest absolute Gasteiger partial charge is 0.496 e. The van der Waals surface area contributed by atoms with Crippen LogP contribution < -0.4 is 4.74 Å². The van der Waals surface area contributed by atoms with Crippen molar-refractivity contribution in [1.29, 1.82) is 0 Å². The maximum absolute atomic E-state index is 13.4.